The van der Waals surface area contributed by atoms with E-state index in [4.69, 9.17) is 0 Å². The summed E-state index contributed by atoms with van der Waals surface area (Å²) in [4.78, 5) is 0. The molecule has 0 heterocycles. The molecule has 0 aliphatic heterocycles. The van der Waals surface area contributed by atoms with Crippen LogP contribution in [0.3, 0.4) is 0 Å². The van der Waals surface area contributed by atoms with E-state index < -0.39 is 0 Å². The van der Waals surface area contributed by atoms with Gasteiger partial charge in [-0.05, 0) is 0 Å². The largest absolute Gasteiger partial charge is 0.211 e. The topological polar surface area (TPSA) is 0 Å². The summed E-state index contributed by atoms with van der Waals surface area (Å²) < 4.78 is 0. The molecule has 0 spiro atoms. The van der Waals surface area contributed by atoms with Crippen molar-refractivity contribution in [2.45, 2.75) is 18.6 Å². The maximum atomic E-state index is 4.39. The molecule has 0 aliphatic carbocycles. The van der Waals surface area contributed by atoms with Crippen molar-refractivity contribution in [3.63, 3.8) is 0 Å². The third-order valence-electron chi connectivity index (χ3n) is 0.500. The standard InChI is InChI=1S/C3H7.CH2Cl.Al.2H/c1-3-2;1-2;;;/h1,3H2,2H3;1H2;;;. The van der Waals surface area contributed by atoms with E-state index in [2.05, 4.69) is 24.9 Å². The van der Waals surface area contributed by atoms with Crippen LogP contribution in [0, 0.1) is 6.38 Å². The molecule has 2 heteroatoms. The smallest absolute Gasteiger partial charge is 0.125 e. The van der Waals surface area contributed by atoms with Gasteiger partial charge in [-0.1, -0.05) is 13.3 Å². The zero-order valence-electron chi connectivity index (χ0n) is 4.50. The molecular weight excluding hydrogens is 110 g/mol. The average Bonchev–Trinajstić information content (AvgIpc) is 1.72. The monoisotopic (exact) mass is 121 g/mol. The van der Waals surface area contributed by atoms with Crippen molar-refractivity contribution in [2.24, 2.45) is 0 Å². The summed E-state index contributed by atoms with van der Waals surface area (Å²) in [5.41, 5.74) is 0. The highest BCUT2D eigenvalue weighted by molar-refractivity contribution is 6.19. The minimum atomic E-state index is 1.38. The van der Waals surface area contributed by atoms with Crippen LogP contribution in [0.1, 0.15) is 13.3 Å². The highest BCUT2D eigenvalue weighted by Gasteiger charge is 1.58. The molecule has 0 rings (SSSR count). The van der Waals surface area contributed by atoms with Crippen molar-refractivity contribution in [2.75, 3.05) is 0 Å². The van der Waals surface area contributed by atoms with Gasteiger partial charge in [0.1, 0.15) is 0 Å². The molecule has 0 aromatic heterocycles. The fourth-order valence-electron chi connectivity index (χ4n) is 0. The highest BCUT2D eigenvalue weighted by atomic mass is 35.5. The fourth-order valence-corrected chi connectivity index (χ4v) is 0. The van der Waals surface area contributed by atoms with Crippen LogP contribution in [-0.4, -0.2) is 16.3 Å². The summed E-state index contributed by atoms with van der Waals surface area (Å²) in [5.74, 6) is 0. The molecule has 37 valence electrons. The van der Waals surface area contributed by atoms with Crippen molar-refractivity contribution < 1.29 is 0 Å². The van der Waals surface area contributed by atoms with Gasteiger partial charge in [-0.2, -0.15) is 0 Å². The van der Waals surface area contributed by atoms with Crippen LogP contribution < -0.4 is 0 Å². The molecule has 0 atom stereocenters. The van der Waals surface area contributed by atoms with Crippen molar-refractivity contribution in [3.05, 3.63) is 6.38 Å². The lowest BCUT2D eigenvalue weighted by atomic mass is 10.6. The number of hydrogen-bond acceptors (Lipinski definition) is 0. The molecule has 0 saturated carbocycles. The molecule has 1 radical (unpaired) electrons. The van der Waals surface area contributed by atoms with Crippen LogP contribution in [0.25, 0.3) is 0 Å². The predicted octanol–water partition coefficient (Wildman–Crippen LogP) is 1.46. The second-order valence-electron chi connectivity index (χ2n) is 1.000. The molecule has 0 aromatic carbocycles. The van der Waals surface area contributed by atoms with E-state index in [0.717, 1.165) is 0 Å². The van der Waals surface area contributed by atoms with Gasteiger partial charge in [-0.15, -0.1) is 16.9 Å². The van der Waals surface area contributed by atoms with Gasteiger partial charge in [0.15, 0.2) is 0 Å². The Morgan fingerprint density at radius 3 is 1.83 bits per heavy atom. The van der Waals surface area contributed by atoms with E-state index in [1.54, 1.807) is 0 Å². The Morgan fingerprint density at radius 1 is 1.67 bits per heavy atom. The lowest BCUT2D eigenvalue weighted by Gasteiger charge is -1.66. The molecule has 0 aliphatic rings. The Labute approximate surface area is 53.3 Å². The van der Waals surface area contributed by atoms with Gasteiger partial charge >= 0.3 is 0 Å². The second kappa shape index (κ2) is 17.0. The van der Waals surface area contributed by atoms with E-state index in [1.807, 2.05) is 0 Å². The molecule has 0 amide bonds. The highest BCUT2D eigenvalue weighted by Crippen LogP contribution is 1.73. The number of halogens is 1. The molecule has 0 unspecified atom stereocenters. The zero-order chi connectivity index (χ0) is 5.41. The normalized spacial score (nSPS) is 5.83. The van der Waals surface area contributed by atoms with Crippen molar-refractivity contribution in [1.82, 2.24) is 0 Å². The molecule has 6 heavy (non-hydrogen) atoms. The van der Waals surface area contributed by atoms with Crippen molar-refractivity contribution in [3.8, 4) is 0 Å². The summed E-state index contributed by atoms with van der Waals surface area (Å²) in [6.07, 6.45) is 4.10. The van der Waals surface area contributed by atoms with Gasteiger partial charge in [0.25, 0.3) is 0 Å². The van der Waals surface area contributed by atoms with E-state index in [0.29, 0.717) is 0 Å². The molecule has 0 N–H and O–H groups in total. The van der Waals surface area contributed by atoms with Crippen LogP contribution in [0.15, 0.2) is 0 Å². The molecule has 0 aromatic rings. The van der Waals surface area contributed by atoms with Gasteiger partial charge in [0.05, 0.1) is 0 Å². The summed E-state index contributed by atoms with van der Waals surface area (Å²) in [5, 5.41) is 1.46. The second-order valence-corrected chi connectivity index (χ2v) is 2.00. The maximum Gasteiger partial charge on any atom is 0.211 e. The first kappa shape index (κ1) is 9.95. The van der Waals surface area contributed by atoms with Crippen molar-refractivity contribution >= 4 is 27.9 Å². The van der Waals surface area contributed by atoms with Crippen LogP contribution in [0.2, 0.25) is 5.28 Å². The first-order valence-electron chi connectivity index (χ1n) is 2.18. The van der Waals surface area contributed by atoms with Gasteiger partial charge in [0.2, 0.25) is 16.3 Å². The van der Waals surface area contributed by atoms with Gasteiger partial charge in [-0.3, -0.25) is 0 Å². The Bertz CT molecular complexity index is 9.51. The Morgan fingerprint density at radius 2 is 1.83 bits per heavy atom. The predicted molar refractivity (Wildman–Crippen MR) is 34.9 cm³/mol. The molecular formula is C4H11AlCl. The minimum Gasteiger partial charge on any atom is -0.125 e. The van der Waals surface area contributed by atoms with Crippen LogP contribution in [0.5, 0.6) is 0 Å². The van der Waals surface area contributed by atoms with E-state index >= 15 is 0 Å². The summed E-state index contributed by atoms with van der Waals surface area (Å²) in [6.45, 7) is 2.22. The van der Waals surface area contributed by atoms with Crippen molar-refractivity contribution in [1.29, 1.82) is 0 Å². The quantitative estimate of drug-likeness (QED) is 0.461. The summed E-state index contributed by atoms with van der Waals surface area (Å²) in [6, 6.07) is 0. The third-order valence-corrected chi connectivity index (χ3v) is 1.50. The minimum absolute atomic E-state index is 1.38. The zero-order valence-corrected chi connectivity index (χ0v) is 7.26. The Kier molecular flexibility index (Phi) is 28.2. The SMILES string of the molecule is CC[CH2][AlH2].[CH2]Cl. The van der Waals surface area contributed by atoms with E-state index in [9.17, 15) is 0 Å². The maximum absolute atomic E-state index is 4.39. The molecule has 0 nitrogen and oxygen atoms in total. The first-order chi connectivity index (χ1) is 2.91. The lowest BCUT2D eigenvalue weighted by Crippen LogP contribution is -1.55. The third kappa shape index (κ3) is 21.2. The first-order valence-corrected chi connectivity index (χ1v) is 4.13. The summed E-state index contributed by atoms with van der Waals surface area (Å²) >= 11 is 5.78. The lowest BCUT2D eigenvalue weighted by molar-refractivity contribution is 1.08. The summed E-state index contributed by atoms with van der Waals surface area (Å²) in [7, 11) is 0. The van der Waals surface area contributed by atoms with Gasteiger partial charge in [-0.25, -0.2) is 0 Å². The number of rotatable bonds is 1. The van der Waals surface area contributed by atoms with E-state index in [-0.39, 0.29) is 0 Å². The Hall–Kier alpha value is 0.822. The van der Waals surface area contributed by atoms with Crippen LogP contribution in [-0.2, 0) is 0 Å². The van der Waals surface area contributed by atoms with Crippen LogP contribution in [0.4, 0.5) is 0 Å². The molecule has 0 fully saturated rings. The van der Waals surface area contributed by atoms with Gasteiger partial charge in [0, 0.05) is 6.38 Å². The molecule has 0 bridgehead atoms. The van der Waals surface area contributed by atoms with Gasteiger partial charge < -0.3 is 0 Å². The Balaban J connectivity index is 0. The fraction of sp³-hybridized carbons (Fsp3) is 0.750. The number of hydrogen-bond donors (Lipinski definition) is 0. The van der Waals surface area contributed by atoms with Crippen LogP contribution >= 0.6 is 11.6 Å². The average molecular weight is 122 g/mol. The molecule has 0 saturated heterocycles. The van der Waals surface area contributed by atoms with E-state index in [1.165, 1.54) is 28.0 Å².